The van der Waals surface area contributed by atoms with E-state index in [1.54, 1.807) is 12.1 Å². The standard InChI is InChI=1S/C23H19FN2O3S/c1-15-3-6-17(7-4-15)26-23-20-13-16(24)5-12-21(20)25-14-22(23)30(27,28)19-10-8-18(29-2)9-11-19/h3-14H,1-2H3,(H,25,26). The van der Waals surface area contributed by atoms with Crippen LogP contribution in [0.25, 0.3) is 10.9 Å². The summed E-state index contributed by atoms with van der Waals surface area (Å²) in [6.07, 6.45) is 1.30. The van der Waals surface area contributed by atoms with Gasteiger partial charge in [0.1, 0.15) is 16.5 Å². The largest absolute Gasteiger partial charge is 0.497 e. The molecule has 7 heteroatoms. The molecule has 0 unspecified atom stereocenters. The summed E-state index contributed by atoms with van der Waals surface area (Å²) in [6.45, 7) is 1.96. The summed E-state index contributed by atoms with van der Waals surface area (Å²) in [5.74, 6) is 0.0703. The minimum absolute atomic E-state index is 0.0358. The number of methoxy groups -OCH3 is 1. The van der Waals surface area contributed by atoms with Crippen molar-refractivity contribution < 1.29 is 17.5 Å². The predicted molar refractivity (Wildman–Crippen MR) is 115 cm³/mol. The van der Waals surface area contributed by atoms with Crippen LogP contribution in [0.1, 0.15) is 5.56 Å². The molecular formula is C23H19FN2O3S. The van der Waals surface area contributed by atoms with Crippen molar-refractivity contribution in [2.75, 3.05) is 12.4 Å². The number of anilines is 2. The molecule has 0 radical (unpaired) electrons. The molecule has 0 saturated carbocycles. The molecule has 0 aliphatic heterocycles. The van der Waals surface area contributed by atoms with Crippen LogP contribution in [0, 0.1) is 12.7 Å². The molecular weight excluding hydrogens is 403 g/mol. The molecule has 0 amide bonds. The first-order valence-corrected chi connectivity index (χ1v) is 10.7. The number of rotatable bonds is 5. The third kappa shape index (κ3) is 3.71. The van der Waals surface area contributed by atoms with E-state index < -0.39 is 15.7 Å². The predicted octanol–water partition coefficient (Wildman–Crippen LogP) is 5.27. The number of sulfone groups is 1. The first-order chi connectivity index (χ1) is 14.4. The van der Waals surface area contributed by atoms with Gasteiger partial charge in [0, 0.05) is 17.3 Å². The molecule has 1 aromatic heterocycles. The quantitative estimate of drug-likeness (QED) is 0.475. The highest BCUT2D eigenvalue weighted by molar-refractivity contribution is 7.91. The molecule has 3 aromatic carbocycles. The van der Waals surface area contributed by atoms with Crippen LogP contribution in [0.3, 0.4) is 0 Å². The van der Waals surface area contributed by atoms with Crippen LogP contribution in [0.15, 0.2) is 82.7 Å². The first-order valence-electron chi connectivity index (χ1n) is 9.19. The van der Waals surface area contributed by atoms with Gasteiger partial charge in [-0.15, -0.1) is 0 Å². The summed E-state index contributed by atoms with van der Waals surface area (Å²) in [7, 11) is -2.42. The fraction of sp³-hybridized carbons (Fsp3) is 0.0870. The Morgan fingerprint density at radius 2 is 1.67 bits per heavy atom. The lowest BCUT2D eigenvalue weighted by atomic mass is 10.1. The number of halogens is 1. The van der Waals surface area contributed by atoms with Gasteiger partial charge in [0.15, 0.2) is 0 Å². The Kier molecular flexibility index (Phi) is 5.13. The molecule has 0 atom stereocenters. The van der Waals surface area contributed by atoms with Gasteiger partial charge < -0.3 is 10.1 Å². The zero-order chi connectivity index (χ0) is 21.3. The normalized spacial score (nSPS) is 11.4. The number of aromatic nitrogens is 1. The number of fused-ring (bicyclic) bond motifs is 1. The Bertz CT molecular complexity index is 1320. The SMILES string of the molecule is COc1ccc(S(=O)(=O)c2cnc3ccc(F)cc3c2Nc2ccc(C)cc2)cc1. The number of ether oxygens (including phenoxy) is 1. The van der Waals surface area contributed by atoms with E-state index in [9.17, 15) is 12.8 Å². The zero-order valence-corrected chi connectivity index (χ0v) is 17.2. The summed E-state index contributed by atoms with van der Waals surface area (Å²) in [6, 6.07) is 17.7. The monoisotopic (exact) mass is 422 g/mol. The second-order valence-corrected chi connectivity index (χ2v) is 8.75. The molecule has 0 saturated heterocycles. The lowest BCUT2D eigenvalue weighted by Crippen LogP contribution is -2.07. The van der Waals surface area contributed by atoms with Crippen molar-refractivity contribution in [3.8, 4) is 5.75 Å². The molecule has 5 nitrogen and oxygen atoms in total. The molecule has 0 fully saturated rings. The molecule has 4 aromatic rings. The van der Waals surface area contributed by atoms with Crippen molar-refractivity contribution in [2.45, 2.75) is 16.7 Å². The van der Waals surface area contributed by atoms with Crippen molar-refractivity contribution in [3.05, 3.63) is 84.3 Å². The second-order valence-electron chi connectivity index (χ2n) is 6.83. The smallest absolute Gasteiger partial charge is 0.210 e. The minimum Gasteiger partial charge on any atom is -0.497 e. The van der Waals surface area contributed by atoms with Gasteiger partial charge in [-0.1, -0.05) is 17.7 Å². The lowest BCUT2D eigenvalue weighted by Gasteiger charge is -2.16. The highest BCUT2D eigenvalue weighted by Gasteiger charge is 2.24. The number of pyridine rings is 1. The van der Waals surface area contributed by atoms with Crippen LogP contribution >= 0.6 is 0 Å². The Morgan fingerprint density at radius 1 is 0.967 bits per heavy atom. The van der Waals surface area contributed by atoms with Gasteiger partial charge in [-0.25, -0.2) is 12.8 Å². The van der Waals surface area contributed by atoms with Crippen LogP contribution < -0.4 is 10.1 Å². The van der Waals surface area contributed by atoms with Gasteiger partial charge in [0.2, 0.25) is 9.84 Å². The Balaban J connectivity index is 1.92. The lowest BCUT2D eigenvalue weighted by molar-refractivity contribution is 0.414. The van der Waals surface area contributed by atoms with E-state index in [4.69, 9.17) is 4.74 Å². The van der Waals surface area contributed by atoms with Crippen molar-refractivity contribution >= 4 is 32.1 Å². The van der Waals surface area contributed by atoms with Gasteiger partial charge in [-0.05, 0) is 61.5 Å². The van der Waals surface area contributed by atoms with Gasteiger partial charge in [0.05, 0.1) is 23.2 Å². The van der Waals surface area contributed by atoms with E-state index in [2.05, 4.69) is 10.3 Å². The fourth-order valence-corrected chi connectivity index (χ4v) is 4.51. The van der Waals surface area contributed by atoms with Crippen molar-refractivity contribution in [3.63, 3.8) is 0 Å². The van der Waals surface area contributed by atoms with Crippen LogP contribution in [0.5, 0.6) is 5.75 Å². The zero-order valence-electron chi connectivity index (χ0n) is 16.4. The summed E-state index contributed by atoms with van der Waals surface area (Å²) >= 11 is 0. The van der Waals surface area contributed by atoms with E-state index in [-0.39, 0.29) is 15.5 Å². The molecule has 30 heavy (non-hydrogen) atoms. The number of aryl methyl sites for hydroxylation is 1. The van der Waals surface area contributed by atoms with E-state index >= 15 is 0 Å². The number of hydrogen-bond acceptors (Lipinski definition) is 5. The maximum absolute atomic E-state index is 14.0. The van der Waals surface area contributed by atoms with E-state index in [0.29, 0.717) is 22.3 Å². The molecule has 0 bridgehead atoms. The van der Waals surface area contributed by atoms with Crippen LogP contribution in [-0.2, 0) is 9.84 Å². The van der Waals surface area contributed by atoms with Gasteiger partial charge in [-0.3, -0.25) is 4.98 Å². The minimum atomic E-state index is -3.93. The van der Waals surface area contributed by atoms with E-state index in [1.807, 2.05) is 31.2 Å². The third-order valence-electron chi connectivity index (χ3n) is 4.78. The molecule has 0 aliphatic rings. The average molecular weight is 422 g/mol. The Labute approximate surface area is 174 Å². The summed E-state index contributed by atoms with van der Waals surface area (Å²) < 4.78 is 46.0. The second kappa shape index (κ2) is 7.76. The highest BCUT2D eigenvalue weighted by atomic mass is 32.2. The topological polar surface area (TPSA) is 68.3 Å². The summed E-state index contributed by atoms with van der Waals surface area (Å²) in [4.78, 5) is 4.31. The Hall–Kier alpha value is -3.45. The van der Waals surface area contributed by atoms with Gasteiger partial charge >= 0.3 is 0 Å². The molecule has 1 heterocycles. The third-order valence-corrected chi connectivity index (χ3v) is 6.56. The van der Waals surface area contributed by atoms with Crippen molar-refractivity contribution in [1.29, 1.82) is 0 Å². The fourth-order valence-electron chi connectivity index (χ4n) is 3.14. The number of hydrogen-bond donors (Lipinski definition) is 1. The van der Waals surface area contributed by atoms with Crippen molar-refractivity contribution in [2.24, 2.45) is 0 Å². The molecule has 0 aliphatic carbocycles. The molecule has 0 spiro atoms. The van der Waals surface area contributed by atoms with Crippen LogP contribution in [-0.4, -0.2) is 20.5 Å². The van der Waals surface area contributed by atoms with Crippen LogP contribution in [0.2, 0.25) is 0 Å². The van der Waals surface area contributed by atoms with E-state index in [1.165, 1.54) is 43.6 Å². The molecule has 4 rings (SSSR count). The maximum Gasteiger partial charge on any atom is 0.210 e. The molecule has 152 valence electrons. The summed E-state index contributed by atoms with van der Waals surface area (Å²) in [5, 5.41) is 3.54. The van der Waals surface area contributed by atoms with Crippen LogP contribution in [0.4, 0.5) is 15.8 Å². The maximum atomic E-state index is 14.0. The van der Waals surface area contributed by atoms with E-state index in [0.717, 1.165) is 5.56 Å². The molecule has 1 N–H and O–H groups in total. The number of nitrogens with zero attached hydrogens (tertiary/aromatic N) is 1. The first kappa shape index (κ1) is 19.8. The number of benzene rings is 3. The van der Waals surface area contributed by atoms with Gasteiger partial charge in [-0.2, -0.15) is 0 Å². The Morgan fingerprint density at radius 3 is 2.33 bits per heavy atom. The number of nitrogens with one attached hydrogen (secondary N) is 1. The van der Waals surface area contributed by atoms with Gasteiger partial charge in [0.25, 0.3) is 0 Å². The summed E-state index contributed by atoms with van der Waals surface area (Å²) in [5.41, 5.74) is 2.51. The van der Waals surface area contributed by atoms with Crippen molar-refractivity contribution in [1.82, 2.24) is 4.98 Å². The highest BCUT2D eigenvalue weighted by Crippen LogP contribution is 2.35. The average Bonchev–Trinajstić information content (AvgIpc) is 2.75.